The van der Waals surface area contributed by atoms with Crippen molar-refractivity contribution >= 4 is 46.0 Å². The molecule has 2 rings (SSSR count). The molecule has 0 unspecified atom stereocenters. The van der Waals surface area contributed by atoms with Crippen molar-refractivity contribution in [1.82, 2.24) is 0 Å². The van der Waals surface area contributed by atoms with E-state index in [-0.39, 0.29) is 6.42 Å². The minimum atomic E-state index is -0.817. The van der Waals surface area contributed by atoms with Crippen LogP contribution in [0.25, 0.3) is 0 Å². The first-order chi connectivity index (χ1) is 9.04. The van der Waals surface area contributed by atoms with Gasteiger partial charge in [0.15, 0.2) is 0 Å². The van der Waals surface area contributed by atoms with Crippen LogP contribution in [0, 0.1) is 3.57 Å². The molecule has 3 N–H and O–H groups in total. The fourth-order valence-corrected chi connectivity index (χ4v) is 2.94. The average molecular weight is 385 g/mol. The Morgan fingerprint density at radius 1 is 1.21 bits per heavy atom. The highest BCUT2D eigenvalue weighted by Crippen LogP contribution is 2.32. The number of carbonyl (C=O) groups is 1. The van der Waals surface area contributed by atoms with Crippen molar-refractivity contribution < 1.29 is 9.90 Å². The molecule has 0 aromatic heterocycles. The number of hydrogen-bond donors (Lipinski definition) is 2. The summed E-state index contributed by atoms with van der Waals surface area (Å²) in [6.45, 7) is 0. The van der Waals surface area contributed by atoms with Gasteiger partial charge in [0.05, 0.1) is 6.42 Å². The molecule has 0 saturated heterocycles. The van der Waals surface area contributed by atoms with E-state index in [9.17, 15) is 4.79 Å². The predicted octanol–water partition coefficient (Wildman–Crippen LogP) is 3.65. The van der Waals surface area contributed by atoms with Crippen LogP contribution in [-0.4, -0.2) is 11.1 Å². The third-order valence-corrected chi connectivity index (χ3v) is 4.25. The lowest BCUT2D eigenvalue weighted by Crippen LogP contribution is -1.99. The molecule has 0 aliphatic rings. The molecule has 19 heavy (non-hydrogen) atoms. The monoisotopic (exact) mass is 385 g/mol. The maximum absolute atomic E-state index is 10.6. The number of carboxylic acid groups (broad SMARTS) is 1. The van der Waals surface area contributed by atoms with Crippen molar-refractivity contribution in [2.75, 3.05) is 5.73 Å². The zero-order valence-corrected chi connectivity index (χ0v) is 12.9. The van der Waals surface area contributed by atoms with Crippen LogP contribution < -0.4 is 5.73 Å². The number of carboxylic acids is 1. The molecule has 0 atom stereocenters. The van der Waals surface area contributed by atoms with Gasteiger partial charge in [0.1, 0.15) is 0 Å². The van der Waals surface area contributed by atoms with Crippen molar-refractivity contribution in [3.63, 3.8) is 0 Å². The SMILES string of the molecule is Nc1cc(I)ccc1Sc1ccc(CC(=O)O)cc1. The Kier molecular flexibility index (Phi) is 4.71. The second-order valence-corrected chi connectivity index (χ2v) is 6.36. The summed E-state index contributed by atoms with van der Waals surface area (Å²) in [6.07, 6.45) is 0.0522. The highest BCUT2D eigenvalue weighted by atomic mass is 127. The molecular weight excluding hydrogens is 373 g/mol. The summed E-state index contributed by atoms with van der Waals surface area (Å²) in [4.78, 5) is 12.6. The van der Waals surface area contributed by atoms with E-state index < -0.39 is 5.97 Å². The molecule has 0 radical (unpaired) electrons. The number of rotatable bonds is 4. The van der Waals surface area contributed by atoms with Gasteiger partial charge in [0.2, 0.25) is 0 Å². The van der Waals surface area contributed by atoms with Crippen LogP contribution in [0.4, 0.5) is 5.69 Å². The van der Waals surface area contributed by atoms with Crippen LogP contribution in [0.15, 0.2) is 52.3 Å². The van der Waals surface area contributed by atoms with Gasteiger partial charge in [-0.1, -0.05) is 23.9 Å². The third kappa shape index (κ3) is 4.14. The molecule has 2 aromatic rings. The van der Waals surface area contributed by atoms with Gasteiger partial charge in [-0.3, -0.25) is 4.79 Å². The van der Waals surface area contributed by atoms with Gasteiger partial charge < -0.3 is 10.8 Å². The molecular formula is C14H12INO2S. The Morgan fingerprint density at radius 3 is 2.47 bits per heavy atom. The molecule has 0 bridgehead atoms. The first-order valence-corrected chi connectivity index (χ1v) is 7.48. The van der Waals surface area contributed by atoms with E-state index in [1.165, 1.54) is 0 Å². The minimum Gasteiger partial charge on any atom is -0.481 e. The van der Waals surface area contributed by atoms with Gasteiger partial charge >= 0.3 is 5.97 Å². The van der Waals surface area contributed by atoms with E-state index in [1.807, 2.05) is 42.5 Å². The van der Waals surface area contributed by atoms with Gasteiger partial charge in [-0.25, -0.2) is 0 Å². The molecule has 0 aliphatic heterocycles. The van der Waals surface area contributed by atoms with Crippen LogP contribution in [0.1, 0.15) is 5.56 Å². The topological polar surface area (TPSA) is 63.3 Å². The van der Waals surface area contributed by atoms with Gasteiger partial charge in [0, 0.05) is 19.0 Å². The fourth-order valence-electron chi connectivity index (χ4n) is 1.59. The van der Waals surface area contributed by atoms with E-state index >= 15 is 0 Å². The molecule has 0 spiro atoms. The standard InChI is InChI=1S/C14H12INO2S/c15-10-3-6-13(12(16)8-10)19-11-4-1-9(2-5-11)7-14(17)18/h1-6,8H,7,16H2,(H,17,18). The van der Waals surface area contributed by atoms with Crippen molar-refractivity contribution in [2.24, 2.45) is 0 Å². The van der Waals surface area contributed by atoms with Crippen LogP contribution in [-0.2, 0) is 11.2 Å². The minimum absolute atomic E-state index is 0.0522. The third-order valence-electron chi connectivity index (χ3n) is 2.48. The molecule has 0 saturated carbocycles. The van der Waals surface area contributed by atoms with Crippen molar-refractivity contribution in [3.8, 4) is 0 Å². The molecule has 2 aromatic carbocycles. The highest BCUT2D eigenvalue weighted by molar-refractivity contribution is 14.1. The second kappa shape index (κ2) is 6.29. The number of nitrogen functional groups attached to an aromatic ring is 1. The van der Waals surface area contributed by atoms with Crippen molar-refractivity contribution in [3.05, 3.63) is 51.6 Å². The number of anilines is 1. The van der Waals surface area contributed by atoms with Gasteiger partial charge in [-0.05, 0) is 58.5 Å². The second-order valence-electron chi connectivity index (χ2n) is 4.00. The van der Waals surface area contributed by atoms with Crippen molar-refractivity contribution in [2.45, 2.75) is 16.2 Å². The first-order valence-electron chi connectivity index (χ1n) is 5.58. The number of halogens is 1. The molecule has 0 fully saturated rings. The van der Waals surface area contributed by atoms with E-state index in [0.29, 0.717) is 0 Å². The summed E-state index contributed by atoms with van der Waals surface area (Å²) in [6, 6.07) is 13.4. The quantitative estimate of drug-likeness (QED) is 0.623. The molecule has 98 valence electrons. The van der Waals surface area contributed by atoms with E-state index in [0.717, 1.165) is 24.6 Å². The molecule has 3 nitrogen and oxygen atoms in total. The summed E-state index contributed by atoms with van der Waals surface area (Å²) in [5.41, 5.74) is 7.52. The highest BCUT2D eigenvalue weighted by Gasteiger charge is 2.04. The number of aliphatic carboxylic acids is 1. The number of hydrogen-bond acceptors (Lipinski definition) is 3. The lowest BCUT2D eigenvalue weighted by molar-refractivity contribution is -0.136. The van der Waals surface area contributed by atoms with Crippen molar-refractivity contribution in [1.29, 1.82) is 0 Å². The van der Waals surface area contributed by atoms with E-state index in [1.54, 1.807) is 11.8 Å². The summed E-state index contributed by atoms with van der Waals surface area (Å²) in [5, 5.41) is 8.71. The Balaban J connectivity index is 2.13. The fraction of sp³-hybridized carbons (Fsp3) is 0.0714. The van der Waals surface area contributed by atoms with E-state index in [4.69, 9.17) is 10.8 Å². The average Bonchev–Trinajstić information content (AvgIpc) is 2.34. The molecule has 0 aliphatic carbocycles. The Labute approximate surface area is 129 Å². The summed E-state index contributed by atoms with van der Waals surface area (Å²) in [5.74, 6) is -0.817. The maximum atomic E-state index is 10.6. The lowest BCUT2D eigenvalue weighted by atomic mass is 10.2. The smallest absolute Gasteiger partial charge is 0.307 e. The van der Waals surface area contributed by atoms with Gasteiger partial charge in [-0.15, -0.1) is 0 Å². The van der Waals surface area contributed by atoms with E-state index in [2.05, 4.69) is 22.6 Å². The van der Waals surface area contributed by atoms with Crippen LogP contribution in [0.5, 0.6) is 0 Å². The van der Waals surface area contributed by atoms with Crippen LogP contribution in [0.2, 0.25) is 0 Å². The Morgan fingerprint density at radius 2 is 1.89 bits per heavy atom. The Bertz CT molecular complexity index is 599. The first kappa shape index (κ1) is 14.2. The van der Waals surface area contributed by atoms with Gasteiger partial charge in [0.25, 0.3) is 0 Å². The zero-order chi connectivity index (χ0) is 13.8. The predicted molar refractivity (Wildman–Crippen MR) is 85.5 cm³/mol. The Hall–Kier alpha value is -1.21. The molecule has 0 heterocycles. The zero-order valence-electron chi connectivity index (χ0n) is 9.97. The van der Waals surface area contributed by atoms with Crippen LogP contribution >= 0.6 is 34.4 Å². The largest absolute Gasteiger partial charge is 0.481 e. The molecule has 5 heteroatoms. The maximum Gasteiger partial charge on any atom is 0.307 e. The normalized spacial score (nSPS) is 10.4. The van der Waals surface area contributed by atoms with Crippen LogP contribution in [0.3, 0.4) is 0 Å². The summed E-state index contributed by atoms with van der Waals surface area (Å²) in [7, 11) is 0. The summed E-state index contributed by atoms with van der Waals surface area (Å²) >= 11 is 3.80. The number of benzene rings is 2. The lowest BCUT2D eigenvalue weighted by Gasteiger charge is -2.06. The summed E-state index contributed by atoms with van der Waals surface area (Å²) < 4.78 is 1.11. The molecule has 0 amide bonds. The van der Waals surface area contributed by atoms with Gasteiger partial charge in [-0.2, -0.15) is 0 Å². The number of nitrogens with two attached hydrogens (primary N) is 1.